The Morgan fingerprint density at radius 1 is 1.40 bits per heavy atom. The second-order valence-corrected chi connectivity index (χ2v) is 6.24. The lowest BCUT2D eigenvalue weighted by Crippen LogP contribution is -2.58. The molecule has 3 N–H and O–H groups in total. The summed E-state index contributed by atoms with van der Waals surface area (Å²) in [7, 11) is 0. The molecule has 1 amide bonds. The molecule has 0 aromatic heterocycles. The molecule has 5 nitrogen and oxygen atoms in total. The summed E-state index contributed by atoms with van der Waals surface area (Å²) in [5, 5.41) is 16.0. The molecular weight excluding hydrogens is 322 g/mol. The van der Waals surface area contributed by atoms with Gasteiger partial charge in [-0.25, -0.2) is 0 Å². The highest BCUT2D eigenvalue weighted by molar-refractivity contribution is 9.10. The largest absolute Gasteiger partial charge is 0.505 e. The number of phenolic OH excluding ortho intramolecular Hbond substituents is 1. The van der Waals surface area contributed by atoms with E-state index in [0.717, 1.165) is 26.2 Å². The number of rotatable bonds is 3. The van der Waals surface area contributed by atoms with Gasteiger partial charge in [-0.2, -0.15) is 0 Å². The maximum atomic E-state index is 12.5. The van der Waals surface area contributed by atoms with E-state index in [1.807, 2.05) is 13.8 Å². The second-order valence-electron chi connectivity index (χ2n) is 5.39. The zero-order valence-corrected chi connectivity index (χ0v) is 13.3. The van der Waals surface area contributed by atoms with Gasteiger partial charge in [0.05, 0.1) is 15.7 Å². The SMILES string of the molecule is CC(C)(C(=O)Nc1cccc(Br)c1O)N1CCNCC1. The average Bonchev–Trinajstić information content (AvgIpc) is 2.44. The standard InChI is InChI=1S/C14H20BrN3O2/c1-14(2,18-8-6-16-7-9-18)13(20)17-11-5-3-4-10(15)12(11)19/h3-5,16,19H,6-9H2,1-2H3,(H,17,20). The molecule has 1 aliphatic heterocycles. The molecule has 0 bridgehead atoms. The molecule has 2 rings (SSSR count). The Hall–Kier alpha value is -1.11. The van der Waals surface area contributed by atoms with Gasteiger partial charge in [0.2, 0.25) is 5.91 Å². The Labute approximate surface area is 127 Å². The number of hydrogen-bond donors (Lipinski definition) is 3. The topological polar surface area (TPSA) is 64.6 Å². The van der Waals surface area contributed by atoms with Crippen molar-refractivity contribution in [1.29, 1.82) is 0 Å². The zero-order valence-electron chi connectivity index (χ0n) is 11.7. The summed E-state index contributed by atoms with van der Waals surface area (Å²) in [5.41, 5.74) is -0.191. The van der Waals surface area contributed by atoms with Crippen LogP contribution in [0.5, 0.6) is 5.75 Å². The number of para-hydroxylation sites is 1. The van der Waals surface area contributed by atoms with Crippen LogP contribution in [0.3, 0.4) is 0 Å². The minimum absolute atomic E-state index is 0.0527. The zero-order chi connectivity index (χ0) is 14.8. The van der Waals surface area contributed by atoms with Crippen molar-refractivity contribution < 1.29 is 9.90 Å². The van der Waals surface area contributed by atoms with Crippen LogP contribution in [0.25, 0.3) is 0 Å². The highest BCUT2D eigenvalue weighted by Crippen LogP contribution is 2.32. The number of anilines is 1. The van der Waals surface area contributed by atoms with Gasteiger partial charge < -0.3 is 15.7 Å². The summed E-state index contributed by atoms with van der Waals surface area (Å²) in [6, 6.07) is 5.19. The van der Waals surface area contributed by atoms with E-state index in [4.69, 9.17) is 0 Å². The van der Waals surface area contributed by atoms with E-state index in [1.165, 1.54) is 0 Å². The first-order valence-corrected chi connectivity index (χ1v) is 7.47. The normalized spacial score (nSPS) is 16.9. The van der Waals surface area contributed by atoms with Gasteiger partial charge in [-0.15, -0.1) is 0 Å². The second kappa shape index (κ2) is 6.11. The fourth-order valence-electron chi connectivity index (χ4n) is 2.26. The van der Waals surface area contributed by atoms with Crippen molar-refractivity contribution in [2.75, 3.05) is 31.5 Å². The van der Waals surface area contributed by atoms with Crippen molar-refractivity contribution in [3.05, 3.63) is 22.7 Å². The molecule has 20 heavy (non-hydrogen) atoms. The van der Waals surface area contributed by atoms with Gasteiger partial charge in [0, 0.05) is 26.2 Å². The Bertz CT molecular complexity index is 499. The number of aromatic hydroxyl groups is 1. The molecule has 110 valence electrons. The molecule has 1 fully saturated rings. The molecule has 1 saturated heterocycles. The molecule has 0 unspecified atom stereocenters. The molecule has 1 aromatic rings. The Kier molecular flexibility index (Phi) is 4.67. The number of nitrogens with one attached hydrogen (secondary N) is 2. The van der Waals surface area contributed by atoms with Crippen molar-refractivity contribution in [2.24, 2.45) is 0 Å². The predicted octanol–water partition coefficient (Wildman–Crippen LogP) is 1.78. The third kappa shape index (κ3) is 3.13. The number of amides is 1. The maximum absolute atomic E-state index is 12.5. The number of benzene rings is 1. The van der Waals surface area contributed by atoms with Crippen LogP contribution in [0.2, 0.25) is 0 Å². The highest BCUT2D eigenvalue weighted by atomic mass is 79.9. The van der Waals surface area contributed by atoms with Gasteiger partial charge >= 0.3 is 0 Å². The van der Waals surface area contributed by atoms with E-state index in [-0.39, 0.29) is 11.7 Å². The van der Waals surface area contributed by atoms with Gasteiger partial charge in [0.15, 0.2) is 5.75 Å². The van der Waals surface area contributed by atoms with Crippen LogP contribution >= 0.6 is 15.9 Å². The summed E-state index contributed by atoms with van der Waals surface area (Å²) in [6.45, 7) is 7.26. The summed E-state index contributed by atoms with van der Waals surface area (Å²) >= 11 is 3.24. The Morgan fingerprint density at radius 3 is 2.70 bits per heavy atom. The lowest BCUT2D eigenvalue weighted by Gasteiger charge is -2.39. The molecule has 0 spiro atoms. The molecule has 6 heteroatoms. The third-order valence-corrected chi connectivity index (χ3v) is 4.34. The first-order chi connectivity index (χ1) is 9.43. The summed E-state index contributed by atoms with van der Waals surface area (Å²) in [6.07, 6.45) is 0. The quantitative estimate of drug-likeness (QED) is 0.733. The highest BCUT2D eigenvalue weighted by Gasteiger charge is 2.35. The van der Waals surface area contributed by atoms with Crippen molar-refractivity contribution in [3.63, 3.8) is 0 Å². The monoisotopic (exact) mass is 341 g/mol. The maximum Gasteiger partial charge on any atom is 0.244 e. The number of phenols is 1. The smallest absolute Gasteiger partial charge is 0.244 e. The number of hydrogen-bond acceptors (Lipinski definition) is 4. The van der Waals surface area contributed by atoms with Crippen LogP contribution in [0.15, 0.2) is 22.7 Å². The van der Waals surface area contributed by atoms with E-state index in [1.54, 1.807) is 18.2 Å². The first-order valence-electron chi connectivity index (χ1n) is 6.67. The van der Waals surface area contributed by atoms with Crippen LogP contribution in [0, 0.1) is 0 Å². The summed E-state index contributed by atoms with van der Waals surface area (Å²) in [5.74, 6) is -0.0650. The molecule has 1 aliphatic rings. The van der Waals surface area contributed by atoms with Crippen LogP contribution in [-0.4, -0.2) is 47.6 Å². The van der Waals surface area contributed by atoms with Crippen LogP contribution in [-0.2, 0) is 4.79 Å². The number of nitrogens with zero attached hydrogens (tertiary/aromatic N) is 1. The predicted molar refractivity (Wildman–Crippen MR) is 83.0 cm³/mol. The van der Waals surface area contributed by atoms with E-state index < -0.39 is 5.54 Å². The molecule has 0 aliphatic carbocycles. The van der Waals surface area contributed by atoms with Crippen molar-refractivity contribution >= 4 is 27.5 Å². The first kappa shape index (κ1) is 15.3. The van der Waals surface area contributed by atoms with Gasteiger partial charge in [-0.1, -0.05) is 6.07 Å². The number of carbonyl (C=O) groups excluding carboxylic acids is 1. The Balaban J connectivity index is 2.12. The van der Waals surface area contributed by atoms with Crippen LogP contribution in [0.1, 0.15) is 13.8 Å². The molecule has 0 atom stereocenters. The minimum Gasteiger partial charge on any atom is -0.505 e. The van der Waals surface area contributed by atoms with Gasteiger partial charge in [0.25, 0.3) is 0 Å². The van der Waals surface area contributed by atoms with Crippen LogP contribution in [0.4, 0.5) is 5.69 Å². The van der Waals surface area contributed by atoms with Crippen molar-refractivity contribution in [2.45, 2.75) is 19.4 Å². The minimum atomic E-state index is -0.614. The third-order valence-electron chi connectivity index (χ3n) is 3.70. The molecule has 0 radical (unpaired) electrons. The van der Waals surface area contributed by atoms with E-state index in [9.17, 15) is 9.90 Å². The molecule has 1 heterocycles. The average molecular weight is 342 g/mol. The van der Waals surface area contributed by atoms with Crippen molar-refractivity contribution in [3.8, 4) is 5.75 Å². The van der Waals surface area contributed by atoms with E-state index in [2.05, 4.69) is 31.5 Å². The summed E-state index contributed by atoms with van der Waals surface area (Å²) < 4.78 is 0.565. The molecule has 0 saturated carbocycles. The van der Waals surface area contributed by atoms with Gasteiger partial charge in [-0.05, 0) is 41.9 Å². The number of piperazine rings is 1. The lowest BCUT2D eigenvalue weighted by atomic mass is 10.00. The van der Waals surface area contributed by atoms with Crippen molar-refractivity contribution in [1.82, 2.24) is 10.2 Å². The van der Waals surface area contributed by atoms with E-state index in [0.29, 0.717) is 10.2 Å². The fourth-order valence-corrected chi connectivity index (χ4v) is 2.63. The van der Waals surface area contributed by atoms with Crippen LogP contribution < -0.4 is 10.6 Å². The molecule has 1 aromatic carbocycles. The van der Waals surface area contributed by atoms with E-state index >= 15 is 0 Å². The fraction of sp³-hybridized carbons (Fsp3) is 0.500. The van der Waals surface area contributed by atoms with Gasteiger partial charge in [-0.3, -0.25) is 9.69 Å². The summed E-state index contributed by atoms with van der Waals surface area (Å²) in [4.78, 5) is 14.6. The number of halogens is 1. The lowest BCUT2D eigenvalue weighted by molar-refractivity contribution is -0.126. The Morgan fingerprint density at radius 2 is 2.05 bits per heavy atom. The molecular formula is C14H20BrN3O2. The number of carbonyl (C=O) groups is 1. The van der Waals surface area contributed by atoms with Gasteiger partial charge in [0.1, 0.15) is 0 Å².